The molecule has 2 aromatic carbocycles. The maximum atomic E-state index is 14.8. The van der Waals surface area contributed by atoms with Crippen molar-refractivity contribution >= 4 is 23.2 Å². The van der Waals surface area contributed by atoms with Gasteiger partial charge < -0.3 is 15.6 Å². The predicted molar refractivity (Wildman–Crippen MR) is 108 cm³/mol. The lowest BCUT2D eigenvalue weighted by molar-refractivity contribution is -0.120. The van der Waals surface area contributed by atoms with E-state index >= 15 is 0 Å². The first-order valence-electron chi connectivity index (χ1n) is 8.95. The van der Waals surface area contributed by atoms with E-state index in [-0.39, 0.29) is 11.9 Å². The van der Waals surface area contributed by atoms with Crippen molar-refractivity contribution in [1.82, 2.24) is 20.0 Å². The molecule has 2 heterocycles. The first kappa shape index (κ1) is 19.3. The van der Waals surface area contributed by atoms with E-state index in [0.717, 1.165) is 0 Å². The number of rotatable bonds is 5. The fourth-order valence-electron chi connectivity index (χ4n) is 3.16. The second-order valence-electron chi connectivity index (χ2n) is 6.54. The zero-order valence-electron chi connectivity index (χ0n) is 15.3. The number of amides is 1. The molecular formula is C20H18FN5O2S. The highest BCUT2D eigenvalue weighted by molar-refractivity contribution is 7.89. The van der Waals surface area contributed by atoms with E-state index in [1.165, 1.54) is 18.5 Å². The third kappa shape index (κ3) is 4.07. The molecule has 0 saturated carbocycles. The molecule has 1 fully saturated rings. The van der Waals surface area contributed by atoms with Crippen LogP contribution in [0.3, 0.4) is 0 Å². The van der Waals surface area contributed by atoms with Crippen molar-refractivity contribution in [3.63, 3.8) is 0 Å². The van der Waals surface area contributed by atoms with Gasteiger partial charge in [0.2, 0.25) is 11.9 Å². The van der Waals surface area contributed by atoms with Crippen molar-refractivity contribution in [2.75, 3.05) is 12.3 Å². The van der Waals surface area contributed by atoms with Crippen LogP contribution in [0, 0.1) is 5.82 Å². The van der Waals surface area contributed by atoms with E-state index in [4.69, 9.17) is 5.73 Å². The van der Waals surface area contributed by atoms with Gasteiger partial charge in [0.15, 0.2) is 4.90 Å². The van der Waals surface area contributed by atoms with Crippen LogP contribution in [0.25, 0.3) is 22.3 Å². The molecule has 1 amide bonds. The number of nitrogens with two attached hydrogens (primary N) is 1. The maximum Gasteiger partial charge on any atom is 0.241 e. The topological polar surface area (TPSA) is 116 Å². The second kappa shape index (κ2) is 8.16. The van der Waals surface area contributed by atoms with Gasteiger partial charge in [-0.05, 0) is 30.2 Å². The number of hydrogen-bond donors (Lipinski definition) is 3. The van der Waals surface area contributed by atoms with E-state index in [1.54, 1.807) is 36.4 Å². The van der Waals surface area contributed by atoms with E-state index in [2.05, 4.69) is 20.0 Å². The van der Waals surface area contributed by atoms with Gasteiger partial charge in [0, 0.05) is 35.6 Å². The van der Waals surface area contributed by atoms with E-state index in [1.807, 2.05) is 0 Å². The highest BCUT2D eigenvalue weighted by Crippen LogP contribution is 2.31. The van der Waals surface area contributed by atoms with Gasteiger partial charge in [-0.15, -0.1) is 4.72 Å². The molecule has 1 saturated heterocycles. The molecule has 0 radical (unpaired) electrons. The molecule has 3 aromatic rings. The molecule has 2 atom stereocenters. The molecule has 1 aliphatic rings. The van der Waals surface area contributed by atoms with Crippen LogP contribution in [0.4, 0.5) is 10.3 Å². The Morgan fingerprint density at radius 1 is 1.14 bits per heavy atom. The lowest BCUT2D eigenvalue weighted by Gasteiger charge is -2.17. The molecule has 0 bridgehead atoms. The minimum Gasteiger partial charge on any atom is -0.593 e. The van der Waals surface area contributed by atoms with Crippen molar-refractivity contribution < 1.29 is 13.7 Å². The number of anilines is 1. The molecule has 0 aliphatic carbocycles. The molecule has 0 spiro atoms. The maximum absolute atomic E-state index is 14.8. The molecule has 9 heteroatoms. The van der Waals surface area contributed by atoms with Gasteiger partial charge in [0.1, 0.15) is 11.9 Å². The summed E-state index contributed by atoms with van der Waals surface area (Å²) in [6.45, 7) is 0.552. The molecule has 1 unspecified atom stereocenters. The Morgan fingerprint density at radius 2 is 1.90 bits per heavy atom. The molecule has 4 N–H and O–H groups in total. The Labute approximate surface area is 169 Å². The molecule has 148 valence electrons. The average Bonchev–Trinajstić information content (AvgIpc) is 3.13. The first-order valence-corrected chi connectivity index (χ1v) is 10.1. The summed E-state index contributed by atoms with van der Waals surface area (Å²) in [5.41, 5.74) is 7.52. The summed E-state index contributed by atoms with van der Waals surface area (Å²) in [7, 11) is 0. The van der Waals surface area contributed by atoms with Gasteiger partial charge in [-0.3, -0.25) is 4.79 Å². The summed E-state index contributed by atoms with van der Waals surface area (Å²) in [5, 5.41) is 2.70. The number of hydrogen-bond acceptors (Lipinski definition) is 6. The third-order valence-electron chi connectivity index (χ3n) is 4.65. The van der Waals surface area contributed by atoms with E-state index in [9.17, 15) is 13.7 Å². The van der Waals surface area contributed by atoms with Crippen molar-refractivity contribution in [3.8, 4) is 22.3 Å². The summed E-state index contributed by atoms with van der Waals surface area (Å²) >= 11 is -1.62. The number of nitrogen functional groups attached to an aromatic ring is 1. The summed E-state index contributed by atoms with van der Waals surface area (Å²) in [6, 6.07) is 11.2. The van der Waals surface area contributed by atoms with Crippen molar-refractivity contribution in [2.24, 2.45) is 0 Å². The van der Waals surface area contributed by atoms with Crippen LogP contribution < -0.4 is 15.8 Å². The summed E-state index contributed by atoms with van der Waals surface area (Å²) in [4.78, 5) is 20.0. The Morgan fingerprint density at radius 3 is 2.59 bits per heavy atom. The Hall–Kier alpha value is -3.01. The zero-order valence-corrected chi connectivity index (χ0v) is 16.1. The lowest BCUT2D eigenvalue weighted by atomic mass is 10.0. The van der Waals surface area contributed by atoms with Crippen LogP contribution >= 0.6 is 0 Å². The van der Waals surface area contributed by atoms with Crippen molar-refractivity contribution in [1.29, 1.82) is 0 Å². The number of carbonyl (C=O) groups is 1. The van der Waals surface area contributed by atoms with Crippen LogP contribution in [0.1, 0.15) is 6.42 Å². The monoisotopic (exact) mass is 411 g/mol. The minimum atomic E-state index is -1.62. The van der Waals surface area contributed by atoms with Crippen LogP contribution in [0.15, 0.2) is 59.8 Å². The normalized spacial score (nSPS) is 17.2. The standard InChI is InChI=1S/C20H18FN5O2S/c21-16-9-12(5-6-14(16)13-10-24-20(22)25-11-13)15-3-1-2-4-18(15)29(28)26-17-7-8-23-19(17)27/h1-6,9-11,17,26H,7-8H2,(H,23,27)(H2,22,24,25)/t17-,29?/m0/s1. The number of carbonyl (C=O) groups excluding carboxylic acids is 1. The number of nitrogens with one attached hydrogen (secondary N) is 2. The first-order chi connectivity index (χ1) is 14.0. The number of aromatic nitrogens is 2. The molecule has 1 aromatic heterocycles. The Bertz CT molecular complexity index is 1050. The third-order valence-corrected chi connectivity index (χ3v) is 5.90. The fraction of sp³-hybridized carbons (Fsp3) is 0.150. The molecule has 4 rings (SSSR count). The van der Waals surface area contributed by atoms with Gasteiger partial charge in [-0.25, -0.2) is 14.4 Å². The minimum absolute atomic E-state index is 0.116. The van der Waals surface area contributed by atoms with Gasteiger partial charge in [0.25, 0.3) is 0 Å². The number of halogens is 1. The van der Waals surface area contributed by atoms with Crippen LogP contribution in [-0.2, 0) is 16.2 Å². The SMILES string of the molecule is Nc1ncc(-c2ccc(-c3ccccc3[S+]([O-])N[C@H]3CCNC3=O)cc2F)cn1. The van der Waals surface area contributed by atoms with Gasteiger partial charge in [0.05, 0.1) is 11.4 Å². The fourth-order valence-corrected chi connectivity index (χ4v) is 4.36. The summed E-state index contributed by atoms with van der Waals surface area (Å²) in [6.07, 6.45) is 3.49. The molecule has 29 heavy (non-hydrogen) atoms. The second-order valence-corrected chi connectivity index (χ2v) is 7.75. The van der Waals surface area contributed by atoms with Crippen LogP contribution in [-0.4, -0.2) is 33.0 Å². The lowest BCUT2D eigenvalue weighted by Crippen LogP contribution is -2.40. The van der Waals surface area contributed by atoms with Gasteiger partial charge in [-0.2, -0.15) is 0 Å². The zero-order chi connectivity index (χ0) is 20.4. The molecule has 1 aliphatic heterocycles. The number of nitrogens with zero attached hydrogens (tertiary/aromatic N) is 2. The van der Waals surface area contributed by atoms with Gasteiger partial charge >= 0.3 is 0 Å². The van der Waals surface area contributed by atoms with Crippen LogP contribution in [0.5, 0.6) is 0 Å². The summed E-state index contributed by atoms with van der Waals surface area (Å²) < 4.78 is 30.5. The highest BCUT2D eigenvalue weighted by atomic mass is 32.2. The van der Waals surface area contributed by atoms with E-state index in [0.29, 0.717) is 40.1 Å². The average molecular weight is 411 g/mol. The van der Waals surface area contributed by atoms with E-state index < -0.39 is 23.2 Å². The van der Waals surface area contributed by atoms with Crippen molar-refractivity contribution in [2.45, 2.75) is 17.4 Å². The Kier molecular flexibility index (Phi) is 5.43. The largest absolute Gasteiger partial charge is 0.593 e. The Balaban J connectivity index is 1.64. The quantitative estimate of drug-likeness (QED) is 0.553. The van der Waals surface area contributed by atoms with Crippen molar-refractivity contribution in [3.05, 3.63) is 60.7 Å². The van der Waals surface area contributed by atoms with Crippen LogP contribution in [0.2, 0.25) is 0 Å². The summed E-state index contributed by atoms with van der Waals surface area (Å²) in [5.74, 6) is -0.512. The molecular weight excluding hydrogens is 393 g/mol. The molecule has 7 nitrogen and oxygen atoms in total. The predicted octanol–water partition coefficient (Wildman–Crippen LogP) is 2.03. The van der Waals surface area contributed by atoms with Gasteiger partial charge in [-0.1, -0.05) is 24.3 Å². The smallest absolute Gasteiger partial charge is 0.241 e. The number of benzene rings is 2. The highest BCUT2D eigenvalue weighted by Gasteiger charge is 2.30.